The molecule has 20 heavy (non-hydrogen) atoms. The summed E-state index contributed by atoms with van der Waals surface area (Å²) in [5.74, 6) is 1.30. The van der Waals surface area contributed by atoms with Gasteiger partial charge in [0.2, 0.25) is 0 Å². The van der Waals surface area contributed by atoms with E-state index in [0.29, 0.717) is 5.92 Å². The third-order valence-electron chi connectivity index (χ3n) is 4.63. The highest BCUT2D eigenvalue weighted by Crippen LogP contribution is 2.36. The molecule has 2 rings (SSSR count). The predicted octanol–water partition coefficient (Wildman–Crippen LogP) is 2.01. The SMILES string of the molecule is COc1ccc(N(C)CCC2CCCC2(N)CO)cc1. The summed E-state index contributed by atoms with van der Waals surface area (Å²) < 4.78 is 5.17. The highest BCUT2D eigenvalue weighted by molar-refractivity contribution is 5.48. The molecule has 1 aliphatic carbocycles. The van der Waals surface area contributed by atoms with Crippen molar-refractivity contribution < 1.29 is 9.84 Å². The monoisotopic (exact) mass is 278 g/mol. The Morgan fingerprint density at radius 1 is 1.40 bits per heavy atom. The Hall–Kier alpha value is -1.26. The molecule has 0 aromatic heterocycles. The first kappa shape index (κ1) is 15.1. The van der Waals surface area contributed by atoms with E-state index in [1.54, 1.807) is 7.11 Å². The van der Waals surface area contributed by atoms with Crippen molar-refractivity contribution in [3.05, 3.63) is 24.3 Å². The third kappa shape index (κ3) is 3.25. The first-order chi connectivity index (χ1) is 9.59. The van der Waals surface area contributed by atoms with Crippen LogP contribution >= 0.6 is 0 Å². The molecule has 4 nitrogen and oxygen atoms in total. The molecule has 0 radical (unpaired) electrons. The molecule has 2 atom stereocenters. The molecule has 1 aromatic carbocycles. The third-order valence-corrected chi connectivity index (χ3v) is 4.63. The van der Waals surface area contributed by atoms with Crippen LogP contribution in [0.4, 0.5) is 5.69 Å². The van der Waals surface area contributed by atoms with Crippen molar-refractivity contribution in [1.82, 2.24) is 0 Å². The molecule has 112 valence electrons. The minimum absolute atomic E-state index is 0.101. The van der Waals surface area contributed by atoms with Crippen LogP contribution in [0.2, 0.25) is 0 Å². The molecule has 4 heteroatoms. The Bertz CT molecular complexity index is 421. The van der Waals surface area contributed by atoms with Gasteiger partial charge in [0, 0.05) is 24.8 Å². The molecule has 0 bridgehead atoms. The maximum Gasteiger partial charge on any atom is 0.119 e. The molecule has 1 saturated carbocycles. The van der Waals surface area contributed by atoms with Crippen molar-refractivity contribution in [2.75, 3.05) is 32.2 Å². The van der Waals surface area contributed by atoms with Gasteiger partial charge in [-0.1, -0.05) is 6.42 Å². The van der Waals surface area contributed by atoms with Crippen molar-refractivity contribution in [3.8, 4) is 5.75 Å². The zero-order chi connectivity index (χ0) is 14.6. The van der Waals surface area contributed by atoms with Crippen molar-refractivity contribution in [1.29, 1.82) is 0 Å². The molecular weight excluding hydrogens is 252 g/mol. The zero-order valence-corrected chi connectivity index (χ0v) is 12.5. The van der Waals surface area contributed by atoms with E-state index in [1.807, 2.05) is 12.1 Å². The lowest BCUT2D eigenvalue weighted by molar-refractivity contribution is 0.156. The van der Waals surface area contributed by atoms with Crippen molar-refractivity contribution in [2.45, 2.75) is 31.2 Å². The van der Waals surface area contributed by atoms with Crippen LogP contribution in [0.25, 0.3) is 0 Å². The Balaban J connectivity index is 1.89. The molecule has 0 aliphatic heterocycles. The Labute approximate surface area is 121 Å². The Morgan fingerprint density at radius 2 is 2.10 bits per heavy atom. The fraction of sp³-hybridized carbons (Fsp3) is 0.625. The van der Waals surface area contributed by atoms with E-state index in [-0.39, 0.29) is 12.1 Å². The number of ether oxygens (including phenoxy) is 1. The van der Waals surface area contributed by atoms with Gasteiger partial charge in [0.15, 0.2) is 0 Å². The van der Waals surface area contributed by atoms with E-state index in [0.717, 1.165) is 38.0 Å². The first-order valence-corrected chi connectivity index (χ1v) is 7.34. The summed E-state index contributed by atoms with van der Waals surface area (Å²) >= 11 is 0. The largest absolute Gasteiger partial charge is 0.497 e. The summed E-state index contributed by atoms with van der Waals surface area (Å²) in [6, 6.07) is 8.08. The Morgan fingerprint density at radius 3 is 2.70 bits per heavy atom. The van der Waals surface area contributed by atoms with E-state index in [1.165, 1.54) is 5.69 Å². The lowest BCUT2D eigenvalue weighted by Gasteiger charge is -2.31. The highest BCUT2D eigenvalue weighted by Gasteiger charge is 2.38. The maximum absolute atomic E-state index is 9.48. The number of anilines is 1. The summed E-state index contributed by atoms with van der Waals surface area (Å²) in [5, 5.41) is 9.48. The van der Waals surface area contributed by atoms with Gasteiger partial charge in [0.25, 0.3) is 0 Å². The van der Waals surface area contributed by atoms with E-state index in [4.69, 9.17) is 10.5 Å². The normalized spacial score (nSPS) is 25.7. The molecule has 3 N–H and O–H groups in total. The smallest absolute Gasteiger partial charge is 0.119 e. The standard InChI is InChI=1S/C16H26N2O2/c1-18(14-5-7-15(20-2)8-6-14)11-9-13-4-3-10-16(13,17)12-19/h5-8,13,19H,3-4,9-12,17H2,1-2H3. The predicted molar refractivity (Wildman–Crippen MR) is 82.2 cm³/mol. The minimum atomic E-state index is -0.360. The van der Waals surface area contributed by atoms with Crippen LogP contribution in [0.15, 0.2) is 24.3 Å². The summed E-state index contributed by atoms with van der Waals surface area (Å²) in [5.41, 5.74) is 7.10. The lowest BCUT2D eigenvalue weighted by atomic mass is 9.86. The van der Waals surface area contributed by atoms with Crippen LogP contribution in [0.5, 0.6) is 5.75 Å². The molecule has 2 unspecified atom stereocenters. The lowest BCUT2D eigenvalue weighted by Crippen LogP contribution is -2.47. The quantitative estimate of drug-likeness (QED) is 0.836. The molecule has 1 aromatic rings. The molecule has 1 fully saturated rings. The summed E-state index contributed by atoms with van der Waals surface area (Å²) in [4.78, 5) is 2.23. The molecule has 0 amide bonds. The molecule has 0 spiro atoms. The summed E-state index contributed by atoms with van der Waals surface area (Å²) in [6.07, 6.45) is 4.24. The second-order valence-electron chi connectivity index (χ2n) is 5.89. The number of rotatable bonds is 6. The van der Waals surface area contributed by atoms with Gasteiger partial charge in [-0.25, -0.2) is 0 Å². The van der Waals surface area contributed by atoms with E-state index < -0.39 is 0 Å². The van der Waals surface area contributed by atoms with Crippen LogP contribution in [0.3, 0.4) is 0 Å². The number of methoxy groups -OCH3 is 1. The average Bonchev–Trinajstić information content (AvgIpc) is 2.86. The van der Waals surface area contributed by atoms with E-state index >= 15 is 0 Å². The minimum Gasteiger partial charge on any atom is -0.497 e. The van der Waals surface area contributed by atoms with E-state index in [2.05, 4.69) is 24.1 Å². The van der Waals surface area contributed by atoms with Gasteiger partial charge >= 0.3 is 0 Å². The van der Waals surface area contributed by atoms with Gasteiger partial charge in [0.05, 0.1) is 13.7 Å². The van der Waals surface area contributed by atoms with Crippen LogP contribution in [-0.2, 0) is 0 Å². The second-order valence-corrected chi connectivity index (χ2v) is 5.89. The fourth-order valence-corrected chi connectivity index (χ4v) is 3.12. The number of hydrogen-bond acceptors (Lipinski definition) is 4. The maximum atomic E-state index is 9.48. The first-order valence-electron chi connectivity index (χ1n) is 7.34. The molecule has 0 saturated heterocycles. The number of nitrogens with zero attached hydrogens (tertiary/aromatic N) is 1. The number of aliphatic hydroxyl groups is 1. The average molecular weight is 278 g/mol. The zero-order valence-electron chi connectivity index (χ0n) is 12.5. The molecule has 0 heterocycles. The number of aliphatic hydroxyl groups excluding tert-OH is 1. The second kappa shape index (κ2) is 6.46. The summed E-state index contributed by atoms with van der Waals surface area (Å²) in [7, 11) is 3.77. The summed E-state index contributed by atoms with van der Waals surface area (Å²) in [6.45, 7) is 1.06. The number of hydrogen-bond donors (Lipinski definition) is 2. The van der Waals surface area contributed by atoms with Crippen molar-refractivity contribution >= 4 is 5.69 Å². The molecule has 1 aliphatic rings. The molecular formula is C16H26N2O2. The van der Waals surface area contributed by atoms with Gasteiger partial charge in [-0.2, -0.15) is 0 Å². The van der Waals surface area contributed by atoms with Crippen molar-refractivity contribution in [3.63, 3.8) is 0 Å². The van der Waals surface area contributed by atoms with Crippen LogP contribution in [0, 0.1) is 5.92 Å². The van der Waals surface area contributed by atoms with Gasteiger partial charge in [-0.05, 0) is 49.4 Å². The topological polar surface area (TPSA) is 58.7 Å². The highest BCUT2D eigenvalue weighted by atomic mass is 16.5. The van der Waals surface area contributed by atoms with Gasteiger partial charge in [-0.3, -0.25) is 0 Å². The van der Waals surface area contributed by atoms with Crippen LogP contribution < -0.4 is 15.4 Å². The van der Waals surface area contributed by atoms with Gasteiger partial charge < -0.3 is 20.5 Å². The number of nitrogens with two attached hydrogens (primary N) is 1. The van der Waals surface area contributed by atoms with Crippen LogP contribution in [0.1, 0.15) is 25.7 Å². The fourth-order valence-electron chi connectivity index (χ4n) is 3.12. The van der Waals surface area contributed by atoms with Crippen LogP contribution in [-0.4, -0.2) is 38.0 Å². The van der Waals surface area contributed by atoms with Crippen molar-refractivity contribution in [2.24, 2.45) is 11.7 Å². The van der Waals surface area contributed by atoms with Gasteiger partial charge in [-0.15, -0.1) is 0 Å². The van der Waals surface area contributed by atoms with Gasteiger partial charge in [0.1, 0.15) is 5.75 Å². The number of benzene rings is 1. The Kier molecular flexibility index (Phi) is 4.89. The van der Waals surface area contributed by atoms with E-state index in [9.17, 15) is 5.11 Å².